The second-order valence-corrected chi connectivity index (χ2v) is 4.50. The van der Waals surface area contributed by atoms with Crippen LogP contribution in [-0.2, 0) is 4.74 Å². The summed E-state index contributed by atoms with van der Waals surface area (Å²) in [6.07, 6.45) is 1.95. The number of nitrogens with zero attached hydrogens (tertiary/aromatic N) is 1. The molecular weight excluding hydrogens is 239 g/mol. The summed E-state index contributed by atoms with van der Waals surface area (Å²) < 4.78 is 43.9. The minimum Gasteiger partial charge on any atom is -0.377 e. The van der Waals surface area contributed by atoms with Crippen molar-refractivity contribution in [1.82, 2.24) is 4.98 Å². The Balaban J connectivity index is 2.00. The molecule has 1 aliphatic rings. The average molecular weight is 249 g/mol. The summed E-state index contributed by atoms with van der Waals surface area (Å²) in [4.78, 5) is 3.22. The van der Waals surface area contributed by atoms with Gasteiger partial charge in [0, 0.05) is 18.4 Å². The van der Waals surface area contributed by atoms with E-state index >= 15 is 0 Å². The van der Waals surface area contributed by atoms with Crippen molar-refractivity contribution < 1.29 is 17.9 Å². The molecule has 1 saturated heterocycles. The topological polar surface area (TPSA) is 22.1 Å². The summed E-state index contributed by atoms with van der Waals surface area (Å²) >= 11 is 1.05. The van der Waals surface area contributed by atoms with Crippen molar-refractivity contribution in [2.24, 2.45) is 0 Å². The van der Waals surface area contributed by atoms with E-state index in [0.717, 1.165) is 24.6 Å². The van der Waals surface area contributed by atoms with Crippen LogP contribution in [-0.4, -0.2) is 23.4 Å². The van der Waals surface area contributed by atoms with Gasteiger partial charge >= 0.3 is 0 Å². The van der Waals surface area contributed by atoms with E-state index in [1.165, 1.54) is 0 Å². The number of pyridine rings is 1. The standard InChI is InChI=1S/C10H10F3NOS/c11-7-4-8(12)10(14-9(7)13)16-5-6-2-1-3-15-6/h4,6H,1-3,5H2. The van der Waals surface area contributed by atoms with Gasteiger partial charge in [-0.1, -0.05) is 0 Å². The zero-order valence-corrected chi connectivity index (χ0v) is 9.20. The van der Waals surface area contributed by atoms with Crippen LogP contribution >= 0.6 is 11.8 Å². The van der Waals surface area contributed by atoms with Gasteiger partial charge in [-0.2, -0.15) is 4.39 Å². The van der Waals surface area contributed by atoms with Gasteiger partial charge in [-0.05, 0) is 12.8 Å². The predicted molar refractivity (Wildman–Crippen MR) is 53.8 cm³/mol. The number of hydrogen-bond donors (Lipinski definition) is 0. The minimum atomic E-state index is -1.27. The molecule has 2 nitrogen and oxygen atoms in total. The van der Waals surface area contributed by atoms with Crippen molar-refractivity contribution in [1.29, 1.82) is 0 Å². The largest absolute Gasteiger partial charge is 0.377 e. The monoisotopic (exact) mass is 249 g/mol. The highest BCUT2D eigenvalue weighted by atomic mass is 32.2. The summed E-state index contributed by atoms with van der Waals surface area (Å²) in [5.41, 5.74) is 0. The molecule has 0 aromatic carbocycles. The summed E-state index contributed by atoms with van der Waals surface area (Å²) in [6, 6.07) is 0.514. The van der Waals surface area contributed by atoms with Crippen LogP contribution in [0.4, 0.5) is 13.2 Å². The Kier molecular flexibility index (Phi) is 3.70. The molecule has 0 aliphatic carbocycles. The third-order valence-electron chi connectivity index (χ3n) is 2.28. The SMILES string of the molecule is Fc1cc(F)c(SCC2CCCO2)nc1F. The molecule has 0 amide bonds. The van der Waals surface area contributed by atoms with Gasteiger partial charge in [0.05, 0.1) is 6.10 Å². The van der Waals surface area contributed by atoms with Crippen LogP contribution in [0.5, 0.6) is 0 Å². The molecule has 0 radical (unpaired) electrons. The van der Waals surface area contributed by atoms with Gasteiger partial charge < -0.3 is 4.74 Å². The lowest BCUT2D eigenvalue weighted by Crippen LogP contribution is -2.08. The number of rotatable bonds is 3. The van der Waals surface area contributed by atoms with Gasteiger partial charge in [-0.25, -0.2) is 13.8 Å². The van der Waals surface area contributed by atoms with E-state index in [0.29, 0.717) is 18.4 Å². The summed E-state index contributed by atoms with van der Waals surface area (Å²) in [5.74, 6) is -2.85. The fraction of sp³-hybridized carbons (Fsp3) is 0.500. The molecule has 1 fully saturated rings. The third kappa shape index (κ3) is 2.68. The third-order valence-corrected chi connectivity index (χ3v) is 3.38. The van der Waals surface area contributed by atoms with E-state index in [-0.39, 0.29) is 11.1 Å². The Labute approximate surface area is 95.2 Å². The lowest BCUT2D eigenvalue weighted by atomic mass is 10.3. The molecule has 1 aliphatic heterocycles. The molecule has 0 bridgehead atoms. The fourth-order valence-corrected chi connectivity index (χ4v) is 2.43. The zero-order valence-electron chi connectivity index (χ0n) is 8.38. The van der Waals surface area contributed by atoms with Crippen molar-refractivity contribution in [3.8, 4) is 0 Å². The number of thioether (sulfide) groups is 1. The van der Waals surface area contributed by atoms with E-state index in [9.17, 15) is 13.2 Å². The molecule has 1 atom stereocenters. The van der Waals surface area contributed by atoms with Gasteiger partial charge in [0.25, 0.3) is 0 Å². The average Bonchev–Trinajstić information content (AvgIpc) is 2.74. The minimum absolute atomic E-state index is 0.0549. The first-order valence-corrected chi connectivity index (χ1v) is 5.91. The first-order chi connectivity index (χ1) is 7.66. The molecule has 1 aromatic rings. The summed E-state index contributed by atoms with van der Waals surface area (Å²) in [7, 11) is 0. The molecule has 0 N–H and O–H groups in total. The van der Waals surface area contributed by atoms with Crippen molar-refractivity contribution in [3.63, 3.8) is 0 Å². The second kappa shape index (κ2) is 5.05. The first-order valence-electron chi connectivity index (χ1n) is 4.93. The molecule has 16 heavy (non-hydrogen) atoms. The van der Waals surface area contributed by atoms with Gasteiger partial charge in [-0.3, -0.25) is 0 Å². The van der Waals surface area contributed by atoms with Crippen LogP contribution in [0.15, 0.2) is 11.1 Å². The maximum atomic E-state index is 13.2. The quantitative estimate of drug-likeness (QED) is 0.607. The fourth-order valence-electron chi connectivity index (χ4n) is 1.48. The Morgan fingerprint density at radius 1 is 1.38 bits per heavy atom. The number of halogens is 3. The molecule has 0 spiro atoms. The van der Waals surface area contributed by atoms with Gasteiger partial charge in [0.2, 0.25) is 5.95 Å². The van der Waals surface area contributed by atoms with Crippen LogP contribution in [0.2, 0.25) is 0 Å². The molecule has 1 aromatic heterocycles. The Morgan fingerprint density at radius 3 is 2.88 bits per heavy atom. The predicted octanol–water partition coefficient (Wildman–Crippen LogP) is 2.77. The Hall–Kier alpha value is -0.750. The normalized spacial score (nSPS) is 20.3. The van der Waals surface area contributed by atoms with E-state index in [1.54, 1.807) is 0 Å². The highest BCUT2D eigenvalue weighted by Gasteiger charge is 2.18. The van der Waals surface area contributed by atoms with Crippen LogP contribution in [0.1, 0.15) is 12.8 Å². The molecule has 88 valence electrons. The Morgan fingerprint density at radius 2 is 2.19 bits per heavy atom. The Bertz CT molecular complexity index is 383. The van der Waals surface area contributed by atoms with E-state index in [1.807, 2.05) is 0 Å². The van der Waals surface area contributed by atoms with Crippen molar-refractivity contribution in [3.05, 3.63) is 23.6 Å². The highest BCUT2D eigenvalue weighted by molar-refractivity contribution is 7.99. The molecule has 6 heteroatoms. The van der Waals surface area contributed by atoms with Crippen LogP contribution in [0.25, 0.3) is 0 Å². The van der Waals surface area contributed by atoms with Crippen molar-refractivity contribution in [2.45, 2.75) is 24.0 Å². The maximum Gasteiger partial charge on any atom is 0.250 e. The lowest BCUT2D eigenvalue weighted by molar-refractivity contribution is 0.129. The van der Waals surface area contributed by atoms with Crippen molar-refractivity contribution in [2.75, 3.05) is 12.4 Å². The summed E-state index contributed by atoms with van der Waals surface area (Å²) in [5, 5.41) is -0.116. The maximum absolute atomic E-state index is 13.2. The van der Waals surface area contributed by atoms with E-state index in [4.69, 9.17) is 4.74 Å². The van der Waals surface area contributed by atoms with Gasteiger partial charge in [0.15, 0.2) is 11.6 Å². The molecule has 1 unspecified atom stereocenters. The van der Waals surface area contributed by atoms with Crippen LogP contribution in [0, 0.1) is 17.6 Å². The number of hydrogen-bond acceptors (Lipinski definition) is 3. The smallest absolute Gasteiger partial charge is 0.250 e. The number of ether oxygens (including phenoxy) is 1. The molecule has 2 heterocycles. The molecule has 2 rings (SSSR count). The highest BCUT2D eigenvalue weighted by Crippen LogP contribution is 2.25. The van der Waals surface area contributed by atoms with Gasteiger partial charge in [-0.15, -0.1) is 11.8 Å². The second-order valence-electron chi connectivity index (χ2n) is 3.49. The first kappa shape index (κ1) is 11.7. The summed E-state index contributed by atoms with van der Waals surface area (Å²) in [6.45, 7) is 0.707. The van der Waals surface area contributed by atoms with Crippen LogP contribution in [0.3, 0.4) is 0 Å². The van der Waals surface area contributed by atoms with E-state index in [2.05, 4.69) is 4.98 Å². The van der Waals surface area contributed by atoms with Crippen molar-refractivity contribution >= 4 is 11.8 Å². The van der Waals surface area contributed by atoms with Gasteiger partial charge in [0.1, 0.15) is 5.03 Å². The van der Waals surface area contributed by atoms with Crippen LogP contribution < -0.4 is 0 Å². The zero-order chi connectivity index (χ0) is 11.5. The van der Waals surface area contributed by atoms with E-state index < -0.39 is 17.6 Å². The number of aromatic nitrogens is 1. The molecular formula is C10H10F3NOS. The molecule has 0 saturated carbocycles. The lowest BCUT2D eigenvalue weighted by Gasteiger charge is -2.08.